The Labute approximate surface area is 103 Å². The van der Waals surface area contributed by atoms with Gasteiger partial charge in [-0.1, -0.05) is 11.6 Å². The fraction of sp³-hybridized carbons (Fsp3) is 0.273. The van der Waals surface area contributed by atoms with Crippen molar-refractivity contribution in [3.8, 4) is 0 Å². The Balaban J connectivity index is 2.07. The molecule has 0 aromatic carbocycles. The average molecular weight is 257 g/mol. The van der Waals surface area contributed by atoms with Crippen molar-refractivity contribution >= 4 is 23.2 Å². The predicted octanol–water partition coefficient (Wildman–Crippen LogP) is 3.47. The van der Waals surface area contributed by atoms with Crippen LogP contribution in [0.1, 0.15) is 17.2 Å². The SMILES string of the molecule is Cc1ccc(CCc2nc(Cl)ncc2Cl)o1. The Morgan fingerprint density at radius 1 is 1.25 bits per heavy atom. The molecule has 3 nitrogen and oxygen atoms in total. The van der Waals surface area contributed by atoms with Gasteiger partial charge in [0.1, 0.15) is 11.5 Å². The molecule has 84 valence electrons. The minimum absolute atomic E-state index is 0.218. The van der Waals surface area contributed by atoms with Gasteiger partial charge in [-0.25, -0.2) is 9.97 Å². The maximum absolute atomic E-state index is 5.95. The van der Waals surface area contributed by atoms with E-state index < -0.39 is 0 Å². The summed E-state index contributed by atoms with van der Waals surface area (Å²) in [5.41, 5.74) is 0.746. The molecule has 0 aliphatic rings. The normalized spacial score (nSPS) is 10.7. The largest absolute Gasteiger partial charge is 0.466 e. The molecule has 0 amide bonds. The van der Waals surface area contributed by atoms with Crippen molar-refractivity contribution in [2.45, 2.75) is 19.8 Å². The van der Waals surface area contributed by atoms with Gasteiger partial charge in [0.05, 0.1) is 16.9 Å². The second kappa shape index (κ2) is 4.85. The number of hydrogen-bond acceptors (Lipinski definition) is 3. The quantitative estimate of drug-likeness (QED) is 0.790. The molecule has 0 N–H and O–H groups in total. The third-order valence-electron chi connectivity index (χ3n) is 2.19. The molecule has 0 saturated carbocycles. The van der Waals surface area contributed by atoms with Gasteiger partial charge < -0.3 is 4.42 Å². The Bertz CT molecular complexity index is 496. The summed E-state index contributed by atoms with van der Waals surface area (Å²) >= 11 is 11.7. The van der Waals surface area contributed by atoms with Gasteiger partial charge in [-0.05, 0) is 37.1 Å². The maximum atomic E-state index is 5.95. The summed E-state index contributed by atoms with van der Waals surface area (Å²) in [6, 6.07) is 3.88. The van der Waals surface area contributed by atoms with Crippen LogP contribution in [-0.2, 0) is 12.8 Å². The number of nitrogens with zero attached hydrogens (tertiary/aromatic N) is 2. The smallest absolute Gasteiger partial charge is 0.222 e. The Kier molecular flexibility index (Phi) is 3.46. The lowest BCUT2D eigenvalue weighted by molar-refractivity contribution is 0.481. The second-order valence-corrected chi connectivity index (χ2v) is 4.19. The van der Waals surface area contributed by atoms with Gasteiger partial charge in [0.25, 0.3) is 0 Å². The first kappa shape index (κ1) is 11.4. The number of hydrogen-bond donors (Lipinski definition) is 0. The van der Waals surface area contributed by atoms with E-state index in [0.29, 0.717) is 11.4 Å². The highest BCUT2D eigenvalue weighted by molar-refractivity contribution is 6.31. The zero-order chi connectivity index (χ0) is 11.5. The van der Waals surface area contributed by atoms with Crippen LogP contribution in [0.15, 0.2) is 22.7 Å². The van der Waals surface area contributed by atoms with Crippen molar-refractivity contribution in [3.05, 3.63) is 45.9 Å². The van der Waals surface area contributed by atoms with Gasteiger partial charge in [-0.2, -0.15) is 0 Å². The highest BCUT2D eigenvalue weighted by atomic mass is 35.5. The summed E-state index contributed by atoms with van der Waals surface area (Å²) in [5, 5.41) is 0.753. The van der Waals surface area contributed by atoms with Crippen molar-refractivity contribution in [2.75, 3.05) is 0 Å². The zero-order valence-corrected chi connectivity index (χ0v) is 10.2. The maximum Gasteiger partial charge on any atom is 0.222 e. The van der Waals surface area contributed by atoms with Crippen LogP contribution >= 0.6 is 23.2 Å². The first-order chi connectivity index (χ1) is 7.65. The summed E-state index contributed by atoms with van der Waals surface area (Å²) in [6.07, 6.45) is 2.95. The summed E-state index contributed by atoms with van der Waals surface area (Å²) in [5.74, 6) is 1.82. The minimum Gasteiger partial charge on any atom is -0.466 e. The van der Waals surface area contributed by atoms with Gasteiger partial charge in [0, 0.05) is 6.42 Å². The highest BCUT2D eigenvalue weighted by Gasteiger charge is 2.06. The molecule has 0 aliphatic carbocycles. The van der Waals surface area contributed by atoms with E-state index in [2.05, 4.69) is 9.97 Å². The highest BCUT2D eigenvalue weighted by Crippen LogP contribution is 2.17. The van der Waals surface area contributed by atoms with Crippen LogP contribution in [0.25, 0.3) is 0 Å². The number of rotatable bonds is 3. The second-order valence-electron chi connectivity index (χ2n) is 3.45. The van der Waals surface area contributed by atoms with Crippen LogP contribution in [0.4, 0.5) is 0 Å². The van der Waals surface area contributed by atoms with Crippen molar-refractivity contribution < 1.29 is 4.42 Å². The lowest BCUT2D eigenvalue weighted by Gasteiger charge is -2.01. The fourth-order valence-corrected chi connectivity index (χ4v) is 1.75. The fourth-order valence-electron chi connectivity index (χ4n) is 1.41. The van der Waals surface area contributed by atoms with Crippen molar-refractivity contribution in [2.24, 2.45) is 0 Å². The third-order valence-corrected chi connectivity index (χ3v) is 2.69. The zero-order valence-electron chi connectivity index (χ0n) is 8.70. The summed E-state index contributed by atoms with van der Waals surface area (Å²) in [4.78, 5) is 7.87. The molecule has 2 aromatic heterocycles. The van der Waals surface area contributed by atoms with E-state index in [-0.39, 0.29) is 5.28 Å². The summed E-state index contributed by atoms with van der Waals surface area (Å²) in [6.45, 7) is 1.91. The first-order valence-electron chi connectivity index (χ1n) is 4.87. The van der Waals surface area contributed by atoms with E-state index in [0.717, 1.165) is 23.6 Å². The van der Waals surface area contributed by atoms with Crippen LogP contribution in [0.2, 0.25) is 10.3 Å². The molecule has 16 heavy (non-hydrogen) atoms. The van der Waals surface area contributed by atoms with Crippen LogP contribution in [0, 0.1) is 6.92 Å². The van der Waals surface area contributed by atoms with E-state index in [4.69, 9.17) is 27.6 Å². The molecule has 0 bridgehead atoms. The Morgan fingerprint density at radius 2 is 2.06 bits per heavy atom. The molecular weight excluding hydrogens is 247 g/mol. The van der Waals surface area contributed by atoms with E-state index in [1.165, 1.54) is 6.20 Å². The van der Waals surface area contributed by atoms with Crippen LogP contribution in [0.3, 0.4) is 0 Å². The Morgan fingerprint density at radius 3 is 2.75 bits per heavy atom. The van der Waals surface area contributed by atoms with Crippen LogP contribution in [0.5, 0.6) is 0 Å². The first-order valence-corrected chi connectivity index (χ1v) is 5.63. The summed E-state index contributed by atoms with van der Waals surface area (Å²) < 4.78 is 5.46. The molecule has 0 fully saturated rings. The number of halogens is 2. The van der Waals surface area contributed by atoms with Crippen molar-refractivity contribution in [3.63, 3.8) is 0 Å². The van der Waals surface area contributed by atoms with Gasteiger partial charge in [-0.3, -0.25) is 0 Å². The Hall–Kier alpha value is -1.06. The predicted molar refractivity (Wildman–Crippen MR) is 62.9 cm³/mol. The molecule has 0 aliphatic heterocycles. The molecular formula is C11H10Cl2N2O. The lowest BCUT2D eigenvalue weighted by atomic mass is 10.2. The van der Waals surface area contributed by atoms with Crippen molar-refractivity contribution in [1.29, 1.82) is 0 Å². The van der Waals surface area contributed by atoms with Crippen LogP contribution in [-0.4, -0.2) is 9.97 Å². The average Bonchev–Trinajstić information content (AvgIpc) is 2.66. The van der Waals surface area contributed by atoms with Gasteiger partial charge in [0.15, 0.2) is 0 Å². The van der Waals surface area contributed by atoms with E-state index in [1.807, 2.05) is 19.1 Å². The van der Waals surface area contributed by atoms with Crippen LogP contribution < -0.4 is 0 Å². The molecule has 0 radical (unpaired) electrons. The van der Waals surface area contributed by atoms with Gasteiger partial charge in [0.2, 0.25) is 5.28 Å². The molecule has 0 unspecified atom stereocenters. The number of aryl methyl sites for hydroxylation is 3. The molecule has 2 aromatic rings. The number of aromatic nitrogens is 2. The lowest BCUT2D eigenvalue weighted by Crippen LogP contribution is -1.96. The summed E-state index contributed by atoms with van der Waals surface area (Å²) in [7, 11) is 0. The minimum atomic E-state index is 0.218. The van der Waals surface area contributed by atoms with Crippen molar-refractivity contribution in [1.82, 2.24) is 9.97 Å². The molecule has 5 heteroatoms. The van der Waals surface area contributed by atoms with Gasteiger partial charge >= 0.3 is 0 Å². The standard InChI is InChI=1S/C11H10Cl2N2O/c1-7-2-3-8(16-7)4-5-10-9(12)6-14-11(13)15-10/h2-3,6H,4-5H2,1H3. The molecule has 2 heterocycles. The van der Waals surface area contributed by atoms with E-state index >= 15 is 0 Å². The topological polar surface area (TPSA) is 38.9 Å². The molecule has 2 rings (SSSR count). The molecule has 0 spiro atoms. The van der Waals surface area contributed by atoms with Gasteiger partial charge in [-0.15, -0.1) is 0 Å². The molecule has 0 saturated heterocycles. The number of furan rings is 1. The van der Waals surface area contributed by atoms with E-state index in [1.54, 1.807) is 0 Å². The van der Waals surface area contributed by atoms with E-state index in [9.17, 15) is 0 Å². The molecule has 0 atom stereocenters. The monoisotopic (exact) mass is 256 g/mol. The third kappa shape index (κ3) is 2.74.